The number of hydrogen-bond acceptors (Lipinski definition) is 3. The van der Waals surface area contributed by atoms with Crippen LogP contribution in [-0.4, -0.2) is 10.9 Å². The van der Waals surface area contributed by atoms with Crippen molar-refractivity contribution in [1.82, 2.24) is 4.98 Å². The van der Waals surface area contributed by atoms with E-state index in [9.17, 15) is 13.6 Å². The summed E-state index contributed by atoms with van der Waals surface area (Å²) in [6.45, 7) is 0. The van der Waals surface area contributed by atoms with Crippen molar-refractivity contribution < 1.29 is 13.6 Å². The average Bonchev–Trinajstić information content (AvgIpc) is 2.56. The summed E-state index contributed by atoms with van der Waals surface area (Å²) in [7, 11) is 0. The summed E-state index contributed by atoms with van der Waals surface area (Å²) < 4.78 is 27.4. The lowest BCUT2D eigenvalue weighted by atomic mass is 10.2. The van der Waals surface area contributed by atoms with Gasteiger partial charge in [0.1, 0.15) is 16.7 Å². The molecule has 0 fully saturated rings. The third kappa shape index (κ3) is 4.64. The third-order valence-electron chi connectivity index (χ3n) is 3.17. The molecule has 2 aromatic carbocycles. The van der Waals surface area contributed by atoms with Crippen molar-refractivity contribution >= 4 is 39.3 Å². The highest BCUT2D eigenvalue weighted by Gasteiger charge is 2.13. The molecule has 0 unspecified atom stereocenters. The maximum atomic E-state index is 13.3. The van der Waals surface area contributed by atoms with E-state index in [0.717, 1.165) is 27.7 Å². The standard InChI is InChI=1S/C18H11BrF2N2OS/c19-11-5-6-17(22-10-11)25-16-4-2-1-3-15(16)18(24)23-14-8-12(20)7-13(21)9-14/h1-10H,(H,23,24). The number of benzene rings is 2. The molecule has 1 amide bonds. The van der Waals surface area contributed by atoms with E-state index in [1.165, 1.54) is 11.8 Å². The SMILES string of the molecule is O=C(Nc1cc(F)cc(F)c1)c1ccccc1Sc1ccc(Br)cn1. The topological polar surface area (TPSA) is 42.0 Å². The highest BCUT2D eigenvalue weighted by atomic mass is 79.9. The normalized spacial score (nSPS) is 10.5. The quantitative estimate of drug-likeness (QED) is 0.603. The largest absolute Gasteiger partial charge is 0.322 e. The second kappa shape index (κ2) is 7.76. The molecule has 1 aromatic heterocycles. The van der Waals surface area contributed by atoms with Gasteiger partial charge in [-0.05, 0) is 52.3 Å². The third-order valence-corrected chi connectivity index (χ3v) is 4.66. The molecular formula is C18H11BrF2N2OS. The van der Waals surface area contributed by atoms with Crippen LogP contribution in [0.15, 0.2) is 75.2 Å². The van der Waals surface area contributed by atoms with Crippen molar-refractivity contribution in [3.63, 3.8) is 0 Å². The van der Waals surface area contributed by atoms with Crippen LogP contribution < -0.4 is 5.32 Å². The molecule has 0 radical (unpaired) electrons. The lowest BCUT2D eigenvalue weighted by molar-refractivity contribution is 0.102. The maximum absolute atomic E-state index is 13.3. The Bertz CT molecular complexity index is 899. The first kappa shape index (κ1) is 17.6. The molecule has 3 nitrogen and oxygen atoms in total. The fourth-order valence-electron chi connectivity index (χ4n) is 2.10. The Labute approximate surface area is 155 Å². The van der Waals surface area contributed by atoms with E-state index in [1.54, 1.807) is 30.5 Å². The smallest absolute Gasteiger partial charge is 0.256 e. The van der Waals surface area contributed by atoms with Crippen LogP contribution in [0.1, 0.15) is 10.4 Å². The van der Waals surface area contributed by atoms with Gasteiger partial charge in [0.2, 0.25) is 0 Å². The summed E-state index contributed by atoms with van der Waals surface area (Å²) in [6, 6.07) is 13.5. The lowest BCUT2D eigenvalue weighted by Gasteiger charge is -2.10. The second-order valence-corrected chi connectivity index (χ2v) is 7.00. The van der Waals surface area contributed by atoms with Crippen LogP contribution >= 0.6 is 27.7 Å². The van der Waals surface area contributed by atoms with Crippen LogP contribution in [0.2, 0.25) is 0 Å². The Hall–Kier alpha value is -2.25. The Morgan fingerprint density at radius 3 is 2.44 bits per heavy atom. The van der Waals surface area contributed by atoms with Gasteiger partial charge in [-0.1, -0.05) is 23.9 Å². The highest BCUT2D eigenvalue weighted by Crippen LogP contribution is 2.30. The number of pyridine rings is 1. The van der Waals surface area contributed by atoms with Crippen molar-refractivity contribution in [2.75, 3.05) is 5.32 Å². The molecule has 3 rings (SSSR count). The molecule has 25 heavy (non-hydrogen) atoms. The molecule has 7 heteroatoms. The number of aromatic nitrogens is 1. The number of carbonyl (C=O) groups excluding carboxylic acids is 1. The fraction of sp³-hybridized carbons (Fsp3) is 0. The van der Waals surface area contributed by atoms with Crippen molar-refractivity contribution in [3.05, 3.63) is 82.5 Å². The van der Waals surface area contributed by atoms with Crippen LogP contribution in [0.3, 0.4) is 0 Å². The molecular weight excluding hydrogens is 410 g/mol. The molecule has 0 saturated heterocycles. The van der Waals surface area contributed by atoms with E-state index < -0.39 is 17.5 Å². The Balaban J connectivity index is 1.84. The molecule has 0 aliphatic rings. The lowest BCUT2D eigenvalue weighted by Crippen LogP contribution is -2.13. The number of carbonyl (C=O) groups is 1. The first-order valence-corrected chi connectivity index (χ1v) is 8.78. The maximum Gasteiger partial charge on any atom is 0.256 e. The predicted octanol–water partition coefficient (Wildman–Crippen LogP) is 5.53. The number of halogens is 3. The van der Waals surface area contributed by atoms with Crippen LogP contribution in [0.5, 0.6) is 0 Å². The van der Waals surface area contributed by atoms with Crippen LogP contribution in [0.4, 0.5) is 14.5 Å². The molecule has 0 bridgehead atoms. The van der Waals surface area contributed by atoms with Crippen LogP contribution in [-0.2, 0) is 0 Å². The van der Waals surface area contributed by atoms with E-state index >= 15 is 0 Å². The van der Waals surface area contributed by atoms with Gasteiger partial charge < -0.3 is 5.32 Å². The Morgan fingerprint density at radius 2 is 1.76 bits per heavy atom. The summed E-state index contributed by atoms with van der Waals surface area (Å²) in [6.07, 6.45) is 1.67. The minimum absolute atomic E-state index is 0.0593. The van der Waals surface area contributed by atoms with Gasteiger partial charge in [0, 0.05) is 27.3 Å². The summed E-state index contributed by atoms with van der Waals surface area (Å²) >= 11 is 4.65. The van der Waals surface area contributed by atoms with Crippen LogP contribution in [0, 0.1) is 11.6 Å². The first-order chi connectivity index (χ1) is 12.0. The van der Waals surface area contributed by atoms with E-state index in [2.05, 4.69) is 26.2 Å². The minimum Gasteiger partial charge on any atom is -0.322 e. The molecule has 1 heterocycles. The van der Waals surface area contributed by atoms with Gasteiger partial charge in [-0.25, -0.2) is 13.8 Å². The number of nitrogens with zero attached hydrogens (tertiary/aromatic N) is 1. The second-order valence-electron chi connectivity index (χ2n) is 5.03. The van der Waals surface area contributed by atoms with E-state index in [0.29, 0.717) is 10.5 Å². The monoisotopic (exact) mass is 420 g/mol. The zero-order valence-corrected chi connectivity index (χ0v) is 15.1. The fourth-order valence-corrected chi connectivity index (χ4v) is 3.22. The van der Waals surface area contributed by atoms with Crippen molar-refractivity contribution in [3.8, 4) is 0 Å². The molecule has 0 aliphatic heterocycles. The van der Waals surface area contributed by atoms with Gasteiger partial charge >= 0.3 is 0 Å². The number of anilines is 1. The molecule has 126 valence electrons. The summed E-state index contributed by atoms with van der Waals surface area (Å²) in [5, 5.41) is 3.24. The summed E-state index contributed by atoms with van der Waals surface area (Å²) in [5.74, 6) is -1.96. The van der Waals surface area contributed by atoms with E-state index in [4.69, 9.17) is 0 Å². The van der Waals surface area contributed by atoms with Crippen molar-refractivity contribution in [2.24, 2.45) is 0 Å². The predicted molar refractivity (Wildman–Crippen MR) is 96.8 cm³/mol. The van der Waals surface area contributed by atoms with Crippen LogP contribution in [0.25, 0.3) is 0 Å². The van der Waals surface area contributed by atoms with Gasteiger partial charge in [-0.2, -0.15) is 0 Å². The zero-order valence-electron chi connectivity index (χ0n) is 12.7. The van der Waals surface area contributed by atoms with Gasteiger partial charge in [0.25, 0.3) is 5.91 Å². The summed E-state index contributed by atoms with van der Waals surface area (Å²) in [4.78, 5) is 17.5. The molecule has 1 N–H and O–H groups in total. The van der Waals surface area contributed by atoms with Crippen molar-refractivity contribution in [1.29, 1.82) is 0 Å². The van der Waals surface area contributed by atoms with Gasteiger partial charge in [0.05, 0.1) is 5.56 Å². The number of rotatable bonds is 4. The minimum atomic E-state index is -0.753. The molecule has 0 saturated carbocycles. The van der Waals surface area contributed by atoms with Gasteiger partial charge in [-0.15, -0.1) is 0 Å². The molecule has 0 spiro atoms. The summed E-state index contributed by atoms with van der Waals surface area (Å²) in [5.41, 5.74) is 0.450. The zero-order chi connectivity index (χ0) is 17.8. The molecule has 3 aromatic rings. The number of hydrogen-bond donors (Lipinski definition) is 1. The first-order valence-electron chi connectivity index (χ1n) is 7.17. The Morgan fingerprint density at radius 1 is 1.04 bits per heavy atom. The Kier molecular flexibility index (Phi) is 5.45. The van der Waals surface area contributed by atoms with E-state index in [1.807, 2.05) is 12.1 Å². The molecule has 0 aliphatic carbocycles. The number of nitrogens with one attached hydrogen (secondary N) is 1. The van der Waals surface area contributed by atoms with E-state index in [-0.39, 0.29) is 5.69 Å². The van der Waals surface area contributed by atoms with Gasteiger partial charge in [-0.3, -0.25) is 4.79 Å². The molecule has 0 atom stereocenters. The average molecular weight is 421 g/mol. The van der Waals surface area contributed by atoms with Crippen molar-refractivity contribution in [2.45, 2.75) is 9.92 Å². The highest BCUT2D eigenvalue weighted by molar-refractivity contribution is 9.10. The van der Waals surface area contributed by atoms with Gasteiger partial charge in [0.15, 0.2) is 0 Å². The number of amides is 1.